The second-order valence-corrected chi connectivity index (χ2v) is 9.36. The number of carbonyl (C=O) groups is 3. The summed E-state index contributed by atoms with van der Waals surface area (Å²) in [4.78, 5) is 50.4. The van der Waals surface area contributed by atoms with E-state index in [1.165, 1.54) is 0 Å². The lowest BCUT2D eigenvalue weighted by atomic mass is 9.98. The summed E-state index contributed by atoms with van der Waals surface area (Å²) >= 11 is 6.11. The second-order valence-electron chi connectivity index (χ2n) is 8.92. The largest absolute Gasteiger partial charge is 0.352 e. The molecular formula is C24H28ClN5O3. The summed E-state index contributed by atoms with van der Waals surface area (Å²) in [6.45, 7) is 4.96. The molecule has 8 nitrogen and oxygen atoms in total. The molecule has 2 aromatic rings. The van der Waals surface area contributed by atoms with Gasteiger partial charge in [0.2, 0.25) is 17.7 Å². The van der Waals surface area contributed by atoms with Crippen LogP contribution >= 0.6 is 11.6 Å². The van der Waals surface area contributed by atoms with E-state index in [1.54, 1.807) is 31.0 Å². The van der Waals surface area contributed by atoms with E-state index >= 15 is 0 Å². The zero-order valence-electron chi connectivity index (χ0n) is 18.9. The molecule has 0 aliphatic carbocycles. The van der Waals surface area contributed by atoms with Gasteiger partial charge in [0, 0.05) is 49.3 Å². The molecule has 0 bridgehead atoms. The van der Waals surface area contributed by atoms with Crippen LogP contribution in [0.3, 0.4) is 0 Å². The van der Waals surface area contributed by atoms with Crippen LogP contribution in [0.4, 0.5) is 0 Å². The van der Waals surface area contributed by atoms with Gasteiger partial charge in [0.25, 0.3) is 0 Å². The predicted molar refractivity (Wildman–Crippen MR) is 124 cm³/mol. The van der Waals surface area contributed by atoms with E-state index in [0.717, 1.165) is 24.1 Å². The van der Waals surface area contributed by atoms with Gasteiger partial charge in [-0.25, -0.2) is 9.97 Å². The number of nitrogens with zero attached hydrogens (tertiary/aromatic N) is 4. The van der Waals surface area contributed by atoms with Gasteiger partial charge in [-0.3, -0.25) is 14.4 Å². The Morgan fingerprint density at radius 1 is 1.18 bits per heavy atom. The molecule has 1 N–H and O–H groups in total. The highest BCUT2D eigenvalue weighted by molar-refractivity contribution is 6.30. The average molecular weight is 470 g/mol. The highest BCUT2D eigenvalue weighted by Crippen LogP contribution is 2.32. The van der Waals surface area contributed by atoms with E-state index in [0.29, 0.717) is 30.5 Å². The molecule has 2 saturated heterocycles. The van der Waals surface area contributed by atoms with Crippen LogP contribution in [-0.2, 0) is 14.4 Å². The maximum Gasteiger partial charge on any atom is 0.245 e. The molecule has 0 saturated carbocycles. The highest BCUT2D eigenvalue weighted by Gasteiger charge is 2.40. The molecule has 1 aromatic carbocycles. The fourth-order valence-electron chi connectivity index (χ4n) is 4.53. The number of benzene rings is 1. The molecule has 2 fully saturated rings. The molecule has 3 amide bonds. The summed E-state index contributed by atoms with van der Waals surface area (Å²) < 4.78 is 0. The Bertz CT molecular complexity index is 1070. The van der Waals surface area contributed by atoms with E-state index in [2.05, 4.69) is 10.3 Å². The number of hydrogen-bond donors (Lipinski definition) is 1. The smallest absolute Gasteiger partial charge is 0.245 e. The van der Waals surface area contributed by atoms with Crippen molar-refractivity contribution in [1.29, 1.82) is 0 Å². The van der Waals surface area contributed by atoms with Gasteiger partial charge in [-0.05, 0) is 44.9 Å². The fourth-order valence-corrected chi connectivity index (χ4v) is 4.72. The first-order valence-electron chi connectivity index (χ1n) is 11.2. The minimum Gasteiger partial charge on any atom is -0.352 e. The zero-order valence-corrected chi connectivity index (χ0v) is 19.6. The van der Waals surface area contributed by atoms with Gasteiger partial charge in [-0.2, -0.15) is 0 Å². The number of amides is 3. The van der Waals surface area contributed by atoms with E-state index in [4.69, 9.17) is 16.6 Å². The third-order valence-electron chi connectivity index (χ3n) is 6.38. The number of nitrogens with one attached hydrogen (secondary N) is 1. The topological polar surface area (TPSA) is 95.5 Å². The molecule has 174 valence electrons. The minimum atomic E-state index is -0.910. The minimum absolute atomic E-state index is 0.0759. The molecular weight excluding hydrogens is 442 g/mol. The summed E-state index contributed by atoms with van der Waals surface area (Å²) in [5, 5.41) is 3.39. The summed E-state index contributed by atoms with van der Waals surface area (Å²) in [7, 11) is 0. The Labute approximate surface area is 198 Å². The number of halogens is 1. The lowest BCUT2D eigenvalue weighted by Crippen LogP contribution is -2.63. The normalized spacial score (nSPS) is 20.0. The van der Waals surface area contributed by atoms with Crippen LogP contribution in [0.25, 0.3) is 11.4 Å². The van der Waals surface area contributed by atoms with Crippen LogP contribution in [0.1, 0.15) is 51.3 Å². The molecule has 3 heterocycles. The molecule has 9 heteroatoms. The summed E-state index contributed by atoms with van der Waals surface area (Å²) in [6, 6.07) is 9.05. The van der Waals surface area contributed by atoms with Crippen molar-refractivity contribution in [2.24, 2.45) is 0 Å². The SMILES string of the molecule is CC1(C)C(=O)NCCN1C(=O)CCC(=O)N1CCC[C@@H]1c1ccnc(-c2cccc(Cl)c2)n1. The van der Waals surface area contributed by atoms with Crippen molar-refractivity contribution in [2.45, 2.75) is 51.1 Å². The number of carbonyl (C=O) groups excluding carboxylic acids is 3. The standard InChI is InChI=1S/C24H28ClN5O3/c1-24(2)23(33)27-12-14-30(24)21(32)9-8-20(31)29-13-4-7-19(29)18-10-11-26-22(28-18)16-5-3-6-17(25)15-16/h3,5-6,10-11,15,19H,4,7-9,12-14H2,1-2H3,(H,27,33)/t19-/m1/s1. The van der Waals surface area contributed by atoms with Crippen molar-refractivity contribution in [3.8, 4) is 11.4 Å². The van der Waals surface area contributed by atoms with Crippen molar-refractivity contribution in [3.63, 3.8) is 0 Å². The molecule has 0 spiro atoms. The number of aromatic nitrogens is 2. The molecule has 33 heavy (non-hydrogen) atoms. The van der Waals surface area contributed by atoms with Crippen LogP contribution < -0.4 is 5.32 Å². The third-order valence-corrected chi connectivity index (χ3v) is 6.61. The quantitative estimate of drug-likeness (QED) is 0.726. The number of piperazine rings is 1. The van der Waals surface area contributed by atoms with Crippen LogP contribution in [0.15, 0.2) is 36.5 Å². The van der Waals surface area contributed by atoms with Gasteiger partial charge in [0.1, 0.15) is 5.54 Å². The first kappa shape index (κ1) is 23.2. The molecule has 0 radical (unpaired) electrons. The Balaban J connectivity index is 1.43. The van der Waals surface area contributed by atoms with E-state index in [-0.39, 0.29) is 36.6 Å². The number of hydrogen-bond acceptors (Lipinski definition) is 5. The first-order valence-corrected chi connectivity index (χ1v) is 11.6. The zero-order chi connectivity index (χ0) is 23.6. The van der Waals surface area contributed by atoms with E-state index in [1.807, 2.05) is 29.2 Å². The van der Waals surface area contributed by atoms with Gasteiger partial charge < -0.3 is 15.1 Å². The van der Waals surface area contributed by atoms with Gasteiger partial charge >= 0.3 is 0 Å². The van der Waals surface area contributed by atoms with Gasteiger partial charge in [-0.1, -0.05) is 23.7 Å². The highest BCUT2D eigenvalue weighted by atomic mass is 35.5. The summed E-state index contributed by atoms with van der Waals surface area (Å²) in [5.74, 6) is 0.139. The van der Waals surface area contributed by atoms with Crippen molar-refractivity contribution in [1.82, 2.24) is 25.1 Å². The maximum atomic E-state index is 13.1. The fraction of sp³-hybridized carbons (Fsp3) is 0.458. The van der Waals surface area contributed by atoms with Crippen LogP contribution in [0.5, 0.6) is 0 Å². The van der Waals surface area contributed by atoms with Crippen molar-refractivity contribution in [3.05, 3.63) is 47.2 Å². The maximum absolute atomic E-state index is 13.1. The molecule has 1 atom stereocenters. The summed E-state index contributed by atoms with van der Waals surface area (Å²) in [6.07, 6.45) is 3.57. The lowest BCUT2D eigenvalue weighted by Gasteiger charge is -2.41. The van der Waals surface area contributed by atoms with Crippen molar-refractivity contribution >= 4 is 29.3 Å². The predicted octanol–water partition coefficient (Wildman–Crippen LogP) is 2.98. The lowest BCUT2D eigenvalue weighted by molar-refractivity contribution is -0.150. The molecule has 4 rings (SSSR count). The number of rotatable bonds is 5. The Kier molecular flexibility index (Phi) is 6.65. The van der Waals surface area contributed by atoms with Crippen LogP contribution in [-0.4, -0.2) is 62.7 Å². The van der Waals surface area contributed by atoms with Crippen molar-refractivity contribution < 1.29 is 14.4 Å². The van der Waals surface area contributed by atoms with Gasteiger partial charge in [0.05, 0.1) is 11.7 Å². The average Bonchev–Trinajstić information content (AvgIpc) is 3.29. The number of likely N-dealkylation sites (tertiary alicyclic amines) is 1. The van der Waals surface area contributed by atoms with Crippen LogP contribution in [0.2, 0.25) is 5.02 Å². The Morgan fingerprint density at radius 3 is 2.76 bits per heavy atom. The van der Waals surface area contributed by atoms with Crippen molar-refractivity contribution in [2.75, 3.05) is 19.6 Å². The van der Waals surface area contributed by atoms with Crippen LogP contribution in [0, 0.1) is 0 Å². The molecule has 2 aliphatic rings. The molecule has 2 aliphatic heterocycles. The molecule has 0 unspecified atom stereocenters. The Morgan fingerprint density at radius 2 is 1.97 bits per heavy atom. The Hall–Kier alpha value is -3.00. The summed E-state index contributed by atoms with van der Waals surface area (Å²) in [5.41, 5.74) is 0.691. The van der Waals surface area contributed by atoms with Gasteiger partial charge in [0.15, 0.2) is 5.82 Å². The van der Waals surface area contributed by atoms with E-state index < -0.39 is 5.54 Å². The third kappa shape index (κ3) is 4.85. The van der Waals surface area contributed by atoms with E-state index in [9.17, 15) is 14.4 Å². The first-order chi connectivity index (χ1) is 15.8. The van der Waals surface area contributed by atoms with Gasteiger partial charge in [-0.15, -0.1) is 0 Å². The molecule has 1 aromatic heterocycles. The monoisotopic (exact) mass is 469 g/mol. The second kappa shape index (κ2) is 9.47.